The summed E-state index contributed by atoms with van der Waals surface area (Å²) in [5.41, 5.74) is 5.85. The molecule has 3 N–H and O–H groups in total. The van der Waals surface area contributed by atoms with Gasteiger partial charge in [-0.15, -0.1) is 0 Å². The standard InChI is InChI=1S/C14H11ClF2N2O2/c15-11-4-3-10(6-13(11)17)21-7-9-2-1-8(5-12(9)16)14(18)19-20/h1-6,20H,7H2,(H2,18,19). The van der Waals surface area contributed by atoms with Crippen LogP contribution in [0.25, 0.3) is 0 Å². The summed E-state index contributed by atoms with van der Waals surface area (Å²) in [5.74, 6) is -1.15. The monoisotopic (exact) mass is 312 g/mol. The molecule has 4 nitrogen and oxygen atoms in total. The van der Waals surface area contributed by atoms with E-state index in [0.717, 1.165) is 12.1 Å². The van der Waals surface area contributed by atoms with Crippen molar-refractivity contribution in [2.75, 3.05) is 0 Å². The van der Waals surface area contributed by atoms with Gasteiger partial charge in [0.05, 0.1) is 5.02 Å². The topological polar surface area (TPSA) is 67.8 Å². The van der Waals surface area contributed by atoms with Gasteiger partial charge >= 0.3 is 0 Å². The van der Waals surface area contributed by atoms with Gasteiger partial charge in [-0.2, -0.15) is 0 Å². The number of nitrogens with two attached hydrogens (primary N) is 1. The minimum atomic E-state index is -0.614. The fraction of sp³-hybridized carbons (Fsp3) is 0.0714. The molecule has 2 aromatic rings. The fourth-order valence-corrected chi connectivity index (χ4v) is 1.73. The van der Waals surface area contributed by atoms with Gasteiger partial charge in [0.2, 0.25) is 0 Å². The molecule has 21 heavy (non-hydrogen) atoms. The van der Waals surface area contributed by atoms with E-state index in [4.69, 9.17) is 27.3 Å². The van der Waals surface area contributed by atoms with Crippen molar-refractivity contribution in [3.63, 3.8) is 0 Å². The molecule has 2 rings (SSSR count). The van der Waals surface area contributed by atoms with Gasteiger partial charge in [0.1, 0.15) is 24.0 Å². The summed E-state index contributed by atoms with van der Waals surface area (Å²) in [5, 5.41) is 11.3. The quantitative estimate of drug-likeness (QED) is 0.394. The second kappa shape index (κ2) is 6.41. The molecule has 0 aliphatic carbocycles. The van der Waals surface area contributed by atoms with Gasteiger partial charge in [-0.1, -0.05) is 28.9 Å². The lowest BCUT2D eigenvalue weighted by Crippen LogP contribution is -2.13. The van der Waals surface area contributed by atoms with Crippen molar-refractivity contribution in [1.29, 1.82) is 0 Å². The average Bonchev–Trinajstić information content (AvgIpc) is 2.48. The first-order chi connectivity index (χ1) is 10.0. The maximum atomic E-state index is 13.8. The number of benzene rings is 2. The third-order valence-corrected chi connectivity index (χ3v) is 3.05. The molecule has 110 valence electrons. The van der Waals surface area contributed by atoms with E-state index in [1.54, 1.807) is 0 Å². The average molecular weight is 313 g/mol. The molecule has 0 aliphatic heterocycles. The zero-order valence-corrected chi connectivity index (χ0v) is 11.4. The van der Waals surface area contributed by atoms with Crippen molar-refractivity contribution in [1.82, 2.24) is 0 Å². The van der Waals surface area contributed by atoms with E-state index >= 15 is 0 Å². The molecule has 0 heterocycles. The van der Waals surface area contributed by atoms with E-state index in [1.165, 1.54) is 24.3 Å². The summed E-state index contributed by atoms with van der Waals surface area (Å²) in [4.78, 5) is 0. The summed E-state index contributed by atoms with van der Waals surface area (Å²) >= 11 is 5.55. The molecule has 0 aliphatic rings. The van der Waals surface area contributed by atoms with Gasteiger partial charge in [0.25, 0.3) is 0 Å². The molecule has 0 unspecified atom stereocenters. The highest BCUT2D eigenvalue weighted by molar-refractivity contribution is 6.30. The van der Waals surface area contributed by atoms with E-state index in [0.29, 0.717) is 0 Å². The van der Waals surface area contributed by atoms with Gasteiger partial charge in [-0.3, -0.25) is 0 Å². The van der Waals surface area contributed by atoms with Crippen LogP contribution < -0.4 is 10.5 Å². The first-order valence-corrected chi connectivity index (χ1v) is 6.23. The Kier molecular flexibility index (Phi) is 4.59. The Hall–Kier alpha value is -2.34. The Labute approximate surface area is 124 Å². The normalized spacial score (nSPS) is 11.5. The smallest absolute Gasteiger partial charge is 0.170 e. The Morgan fingerprint density at radius 3 is 2.57 bits per heavy atom. The molecule has 2 aromatic carbocycles. The van der Waals surface area contributed by atoms with Crippen LogP contribution in [-0.2, 0) is 6.61 Å². The number of oxime groups is 1. The number of amidine groups is 1. The van der Waals surface area contributed by atoms with Crippen molar-refractivity contribution in [2.24, 2.45) is 10.9 Å². The maximum Gasteiger partial charge on any atom is 0.170 e. The third-order valence-electron chi connectivity index (χ3n) is 2.74. The number of hydrogen-bond acceptors (Lipinski definition) is 3. The zero-order valence-electron chi connectivity index (χ0n) is 10.7. The second-order valence-electron chi connectivity index (χ2n) is 4.16. The van der Waals surface area contributed by atoms with Crippen LogP contribution in [0.3, 0.4) is 0 Å². The predicted octanol–water partition coefficient (Wildman–Crippen LogP) is 3.29. The second-order valence-corrected chi connectivity index (χ2v) is 4.56. The Bertz CT molecular complexity index is 693. The first-order valence-electron chi connectivity index (χ1n) is 5.85. The number of halogens is 3. The van der Waals surface area contributed by atoms with E-state index in [1.807, 2.05) is 0 Å². The largest absolute Gasteiger partial charge is 0.489 e. The van der Waals surface area contributed by atoms with Crippen LogP contribution in [0.5, 0.6) is 5.75 Å². The predicted molar refractivity (Wildman–Crippen MR) is 74.7 cm³/mol. The maximum absolute atomic E-state index is 13.8. The van der Waals surface area contributed by atoms with E-state index < -0.39 is 11.6 Å². The van der Waals surface area contributed by atoms with Crippen LogP contribution in [0.4, 0.5) is 8.78 Å². The van der Waals surface area contributed by atoms with E-state index in [9.17, 15) is 8.78 Å². The molecule has 0 radical (unpaired) electrons. The summed E-state index contributed by atoms with van der Waals surface area (Å²) in [7, 11) is 0. The minimum absolute atomic E-state index is 0.0170. The molecular weight excluding hydrogens is 302 g/mol. The zero-order chi connectivity index (χ0) is 15.4. The molecule has 0 bridgehead atoms. The summed E-state index contributed by atoms with van der Waals surface area (Å²) < 4.78 is 32.3. The number of hydrogen-bond donors (Lipinski definition) is 2. The summed E-state index contributed by atoms with van der Waals surface area (Å²) in [6.07, 6.45) is 0. The molecular formula is C14H11ClF2N2O2. The van der Waals surface area contributed by atoms with E-state index in [2.05, 4.69) is 5.16 Å². The molecule has 0 saturated heterocycles. The molecule has 0 atom stereocenters. The lowest BCUT2D eigenvalue weighted by atomic mass is 10.1. The van der Waals surface area contributed by atoms with Crippen LogP contribution in [0.15, 0.2) is 41.6 Å². The first kappa shape index (κ1) is 15.1. The molecule has 0 spiro atoms. The third kappa shape index (κ3) is 3.61. The lowest BCUT2D eigenvalue weighted by Gasteiger charge is -2.08. The summed E-state index contributed by atoms with van der Waals surface area (Å²) in [6, 6.07) is 7.99. The van der Waals surface area contributed by atoms with Crippen molar-refractivity contribution in [3.05, 3.63) is 64.2 Å². The SMILES string of the molecule is N/C(=N/O)c1ccc(COc2ccc(Cl)c(F)c2)c(F)c1. The Balaban J connectivity index is 2.11. The van der Waals surface area contributed by atoms with Gasteiger partial charge in [0, 0.05) is 17.2 Å². The van der Waals surface area contributed by atoms with Crippen LogP contribution in [0.1, 0.15) is 11.1 Å². The minimum Gasteiger partial charge on any atom is -0.489 e. The van der Waals surface area contributed by atoms with Gasteiger partial charge in [-0.25, -0.2) is 8.78 Å². The molecule has 7 heteroatoms. The number of ether oxygens (including phenoxy) is 1. The van der Waals surface area contributed by atoms with Crippen LogP contribution in [0, 0.1) is 11.6 Å². The Morgan fingerprint density at radius 1 is 1.19 bits per heavy atom. The van der Waals surface area contributed by atoms with Crippen molar-refractivity contribution in [2.45, 2.75) is 6.61 Å². The number of nitrogens with zero attached hydrogens (tertiary/aromatic N) is 1. The van der Waals surface area contributed by atoms with Crippen molar-refractivity contribution < 1.29 is 18.7 Å². The molecule has 0 saturated carbocycles. The molecule has 0 aromatic heterocycles. The van der Waals surface area contributed by atoms with E-state index in [-0.39, 0.29) is 34.3 Å². The van der Waals surface area contributed by atoms with Crippen LogP contribution in [0.2, 0.25) is 5.02 Å². The van der Waals surface area contributed by atoms with Crippen LogP contribution in [-0.4, -0.2) is 11.0 Å². The van der Waals surface area contributed by atoms with Gasteiger partial charge < -0.3 is 15.7 Å². The summed E-state index contributed by atoms with van der Waals surface area (Å²) in [6.45, 7) is -0.0939. The Morgan fingerprint density at radius 2 is 1.95 bits per heavy atom. The van der Waals surface area contributed by atoms with Gasteiger partial charge in [0.15, 0.2) is 5.84 Å². The molecule has 0 fully saturated rings. The van der Waals surface area contributed by atoms with Gasteiger partial charge in [-0.05, 0) is 18.2 Å². The lowest BCUT2D eigenvalue weighted by molar-refractivity contribution is 0.298. The van der Waals surface area contributed by atoms with Crippen molar-refractivity contribution in [3.8, 4) is 5.75 Å². The fourth-order valence-electron chi connectivity index (χ4n) is 1.61. The highest BCUT2D eigenvalue weighted by atomic mass is 35.5. The molecule has 0 amide bonds. The highest BCUT2D eigenvalue weighted by Crippen LogP contribution is 2.21. The highest BCUT2D eigenvalue weighted by Gasteiger charge is 2.08. The van der Waals surface area contributed by atoms with Crippen LogP contribution >= 0.6 is 11.6 Å². The number of rotatable bonds is 4. The van der Waals surface area contributed by atoms with Crippen molar-refractivity contribution >= 4 is 17.4 Å².